The van der Waals surface area contributed by atoms with Crippen LogP contribution in [0.2, 0.25) is 0 Å². The van der Waals surface area contributed by atoms with Gasteiger partial charge in [-0.25, -0.2) is 4.98 Å². The normalized spacial score (nSPS) is 13.3. The molecule has 2 aromatic rings. The molecule has 7 heteroatoms. The van der Waals surface area contributed by atoms with Crippen molar-refractivity contribution in [2.24, 2.45) is 0 Å². The second-order valence-corrected chi connectivity index (χ2v) is 4.71. The van der Waals surface area contributed by atoms with E-state index in [9.17, 15) is 10.1 Å². The van der Waals surface area contributed by atoms with E-state index in [1.807, 2.05) is 11.9 Å². The second kappa shape index (κ2) is 4.44. The molecule has 0 amide bonds. The highest BCUT2D eigenvalue weighted by Crippen LogP contribution is 2.33. The van der Waals surface area contributed by atoms with Crippen molar-refractivity contribution in [1.82, 2.24) is 9.97 Å². The maximum absolute atomic E-state index is 10.7. The molecule has 0 spiro atoms. The van der Waals surface area contributed by atoms with Gasteiger partial charge in [0.15, 0.2) is 0 Å². The van der Waals surface area contributed by atoms with Gasteiger partial charge in [0, 0.05) is 36.9 Å². The van der Waals surface area contributed by atoms with E-state index in [1.165, 1.54) is 12.1 Å². The van der Waals surface area contributed by atoms with Gasteiger partial charge in [0.05, 0.1) is 10.6 Å². The first-order chi connectivity index (χ1) is 9.56. The van der Waals surface area contributed by atoms with Crippen LogP contribution >= 0.6 is 0 Å². The molecule has 7 nitrogen and oxygen atoms in total. The smallest absolute Gasteiger partial charge is 0.269 e. The van der Waals surface area contributed by atoms with E-state index in [4.69, 9.17) is 5.73 Å². The molecule has 0 saturated heterocycles. The Hall–Kier alpha value is -2.70. The maximum atomic E-state index is 10.7. The molecule has 20 heavy (non-hydrogen) atoms. The minimum atomic E-state index is -0.420. The molecule has 0 saturated carbocycles. The number of nitrogens with zero attached hydrogens (tertiary/aromatic N) is 4. The number of hydrogen-bond donors (Lipinski definition) is 1. The Morgan fingerprint density at radius 1 is 1.30 bits per heavy atom. The molecule has 1 aliphatic heterocycles. The predicted octanol–water partition coefficient (Wildman–Crippen LogP) is 1.63. The Morgan fingerprint density at radius 3 is 2.65 bits per heavy atom. The van der Waals surface area contributed by atoms with E-state index in [-0.39, 0.29) is 11.6 Å². The van der Waals surface area contributed by atoms with Gasteiger partial charge in [-0.15, -0.1) is 0 Å². The van der Waals surface area contributed by atoms with Crippen LogP contribution in [0.1, 0.15) is 5.56 Å². The highest BCUT2D eigenvalue weighted by molar-refractivity contribution is 5.72. The van der Waals surface area contributed by atoms with Crippen molar-refractivity contribution >= 4 is 17.5 Å². The third-order valence-electron chi connectivity index (χ3n) is 3.41. The molecule has 3 rings (SSSR count). The summed E-state index contributed by atoms with van der Waals surface area (Å²) in [7, 11) is 1.96. The number of rotatable bonds is 2. The molecule has 102 valence electrons. The number of benzene rings is 1. The fourth-order valence-corrected chi connectivity index (χ4v) is 2.40. The van der Waals surface area contributed by atoms with Crippen LogP contribution in [0.5, 0.6) is 0 Å². The molecule has 1 aliphatic rings. The van der Waals surface area contributed by atoms with Gasteiger partial charge in [-0.2, -0.15) is 4.98 Å². The summed E-state index contributed by atoms with van der Waals surface area (Å²) in [5.41, 5.74) is 8.42. The Kier molecular flexibility index (Phi) is 2.74. The summed E-state index contributed by atoms with van der Waals surface area (Å²) in [6.45, 7) is 0.869. The van der Waals surface area contributed by atoms with Gasteiger partial charge in [0.2, 0.25) is 5.95 Å². The minimum Gasteiger partial charge on any atom is -0.368 e. The Bertz CT molecular complexity index is 684. The third-order valence-corrected chi connectivity index (χ3v) is 3.41. The highest BCUT2D eigenvalue weighted by Gasteiger charge is 2.23. The van der Waals surface area contributed by atoms with E-state index in [0.717, 1.165) is 35.6 Å². The molecule has 0 unspecified atom stereocenters. The average molecular weight is 271 g/mol. The molecule has 2 N–H and O–H groups in total. The molecule has 2 heterocycles. The van der Waals surface area contributed by atoms with Crippen LogP contribution in [-0.4, -0.2) is 28.5 Å². The molecule has 0 fully saturated rings. The number of nitro benzene ring substituents is 1. The van der Waals surface area contributed by atoms with Crippen LogP contribution < -0.4 is 10.6 Å². The predicted molar refractivity (Wildman–Crippen MR) is 75.5 cm³/mol. The van der Waals surface area contributed by atoms with Crippen LogP contribution in [0.4, 0.5) is 17.5 Å². The summed E-state index contributed by atoms with van der Waals surface area (Å²) in [6, 6.07) is 6.33. The first-order valence-corrected chi connectivity index (χ1v) is 6.18. The zero-order chi connectivity index (χ0) is 14.3. The number of hydrogen-bond acceptors (Lipinski definition) is 6. The number of anilines is 2. The Balaban J connectivity index is 2.11. The van der Waals surface area contributed by atoms with Gasteiger partial charge >= 0.3 is 0 Å². The summed E-state index contributed by atoms with van der Waals surface area (Å²) >= 11 is 0. The third kappa shape index (κ3) is 1.93. The number of nitro groups is 1. The summed E-state index contributed by atoms with van der Waals surface area (Å²) in [6.07, 6.45) is 0.846. The van der Waals surface area contributed by atoms with Crippen LogP contribution in [0.25, 0.3) is 11.3 Å². The van der Waals surface area contributed by atoms with E-state index in [0.29, 0.717) is 0 Å². The average Bonchev–Trinajstić information content (AvgIpc) is 2.80. The fraction of sp³-hybridized carbons (Fsp3) is 0.231. The molecule has 0 atom stereocenters. The maximum Gasteiger partial charge on any atom is 0.269 e. The van der Waals surface area contributed by atoms with Crippen LogP contribution in [0.15, 0.2) is 24.3 Å². The lowest BCUT2D eigenvalue weighted by molar-refractivity contribution is -0.384. The van der Waals surface area contributed by atoms with Crippen LogP contribution in [0, 0.1) is 10.1 Å². The molecule has 1 aromatic heterocycles. The van der Waals surface area contributed by atoms with Crippen molar-refractivity contribution in [2.45, 2.75) is 6.42 Å². The zero-order valence-corrected chi connectivity index (χ0v) is 10.9. The topological polar surface area (TPSA) is 98.2 Å². The van der Waals surface area contributed by atoms with Gasteiger partial charge in [-0.1, -0.05) is 0 Å². The van der Waals surface area contributed by atoms with Crippen molar-refractivity contribution in [1.29, 1.82) is 0 Å². The second-order valence-electron chi connectivity index (χ2n) is 4.71. The Labute approximate surface area is 115 Å². The Morgan fingerprint density at radius 2 is 2.00 bits per heavy atom. The van der Waals surface area contributed by atoms with Gasteiger partial charge in [-0.05, 0) is 18.6 Å². The fourth-order valence-electron chi connectivity index (χ4n) is 2.40. The largest absolute Gasteiger partial charge is 0.368 e. The number of fused-ring (bicyclic) bond motifs is 1. The van der Waals surface area contributed by atoms with Crippen molar-refractivity contribution in [3.05, 3.63) is 39.9 Å². The highest BCUT2D eigenvalue weighted by atomic mass is 16.6. The van der Waals surface area contributed by atoms with E-state index in [1.54, 1.807) is 12.1 Å². The number of likely N-dealkylation sites (N-methyl/N-ethyl adjacent to an activating group) is 1. The lowest BCUT2D eigenvalue weighted by Crippen LogP contribution is -2.14. The molecule has 0 radical (unpaired) electrons. The van der Waals surface area contributed by atoms with Gasteiger partial charge < -0.3 is 10.6 Å². The van der Waals surface area contributed by atoms with E-state index >= 15 is 0 Å². The summed E-state index contributed by atoms with van der Waals surface area (Å²) in [5, 5.41) is 10.7. The molecule has 0 bridgehead atoms. The van der Waals surface area contributed by atoms with E-state index < -0.39 is 4.92 Å². The number of aromatic nitrogens is 2. The van der Waals surface area contributed by atoms with Crippen LogP contribution in [0.3, 0.4) is 0 Å². The standard InChI is InChI=1S/C13H13N5O2/c1-17-7-6-10-11(15-13(14)16-12(10)17)8-2-4-9(5-3-8)18(19)20/h2-5H,6-7H2,1H3,(H2,14,15,16). The number of nitrogens with two attached hydrogens (primary N) is 1. The van der Waals surface area contributed by atoms with E-state index in [2.05, 4.69) is 9.97 Å². The number of nitrogen functional groups attached to an aromatic ring is 1. The number of non-ortho nitro benzene ring substituents is 1. The summed E-state index contributed by atoms with van der Waals surface area (Å²) in [4.78, 5) is 20.8. The zero-order valence-electron chi connectivity index (χ0n) is 10.9. The van der Waals surface area contributed by atoms with Crippen molar-refractivity contribution in [2.75, 3.05) is 24.2 Å². The molecular formula is C13H13N5O2. The van der Waals surface area contributed by atoms with Crippen molar-refractivity contribution in [3.8, 4) is 11.3 Å². The van der Waals surface area contributed by atoms with Gasteiger partial charge in [-0.3, -0.25) is 10.1 Å². The minimum absolute atomic E-state index is 0.0598. The van der Waals surface area contributed by atoms with Crippen molar-refractivity contribution in [3.63, 3.8) is 0 Å². The monoisotopic (exact) mass is 271 g/mol. The molecule has 1 aromatic carbocycles. The van der Waals surface area contributed by atoms with Crippen LogP contribution in [-0.2, 0) is 6.42 Å². The molecular weight excluding hydrogens is 258 g/mol. The van der Waals surface area contributed by atoms with Gasteiger partial charge in [0.25, 0.3) is 5.69 Å². The first-order valence-electron chi connectivity index (χ1n) is 6.18. The quantitative estimate of drug-likeness (QED) is 0.658. The SMILES string of the molecule is CN1CCc2c(-c3ccc([N+](=O)[O-])cc3)nc(N)nc21. The summed E-state index contributed by atoms with van der Waals surface area (Å²) < 4.78 is 0. The lowest BCUT2D eigenvalue weighted by Gasteiger charge is -2.12. The molecule has 0 aliphatic carbocycles. The first kappa shape index (κ1) is 12.3. The summed E-state index contributed by atoms with van der Waals surface area (Å²) in [5.74, 6) is 1.05. The van der Waals surface area contributed by atoms with Gasteiger partial charge in [0.1, 0.15) is 5.82 Å². The van der Waals surface area contributed by atoms with Crippen molar-refractivity contribution < 1.29 is 4.92 Å². The lowest BCUT2D eigenvalue weighted by atomic mass is 10.1.